The SMILES string of the molecule is CCO[Si](CCCN=C(C)CC(C)C)(OCC)OCC.CO[SiH3]. The highest BCUT2D eigenvalue weighted by Gasteiger charge is 2.39. The monoisotopic (exact) mass is 365 g/mol. The lowest BCUT2D eigenvalue weighted by atomic mass is 10.1. The largest absolute Gasteiger partial charge is 0.500 e. The van der Waals surface area contributed by atoms with Crippen LogP contribution in [0.15, 0.2) is 4.99 Å². The Labute approximate surface area is 148 Å². The molecule has 0 spiro atoms. The van der Waals surface area contributed by atoms with E-state index in [4.69, 9.17) is 13.3 Å². The van der Waals surface area contributed by atoms with Gasteiger partial charge >= 0.3 is 8.80 Å². The highest BCUT2D eigenvalue weighted by molar-refractivity contribution is 6.60. The normalized spacial score (nSPS) is 12.4. The van der Waals surface area contributed by atoms with Crippen molar-refractivity contribution in [2.45, 2.75) is 60.4 Å². The first-order valence-electron chi connectivity index (χ1n) is 8.73. The Balaban J connectivity index is 0. The van der Waals surface area contributed by atoms with Gasteiger partial charge in [0.05, 0.1) is 0 Å². The summed E-state index contributed by atoms with van der Waals surface area (Å²) in [6.45, 7) is 15.3. The molecule has 0 atom stereocenters. The summed E-state index contributed by atoms with van der Waals surface area (Å²) in [5.74, 6) is 0.669. The van der Waals surface area contributed by atoms with Crippen molar-refractivity contribution in [3.63, 3.8) is 0 Å². The van der Waals surface area contributed by atoms with E-state index >= 15 is 0 Å². The third-order valence-electron chi connectivity index (χ3n) is 2.82. The van der Waals surface area contributed by atoms with Crippen LogP contribution in [0.5, 0.6) is 0 Å². The zero-order valence-electron chi connectivity index (χ0n) is 16.6. The Morgan fingerprint density at radius 2 is 1.48 bits per heavy atom. The Kier molecular flexibility index (Phi) is 18.4. The van der Waals surface area contributed by atoms with E-state index in [1.165, 1.54) is 5.71 Å². The summed E-state index contributed by atoms with van der Waals surface area (Å²) >= 11 is 0. The summed E-state index contributed by atoms with van der Waals surface area (Å²) in [7, 11) is 0.0867. The van der Waals surface area contributed by atoms with E-state index in [0.717, 1.165) is 35.9 Å². The molecule has 140 valence electrons. The van der Waals surface area contributed by atoms with Crippen LogP contribution in [0.3, 0.4) is 0 Å². The summed E-state index contributed by atoms with van der Waals surface area (Å²) in [5, 5.41) is 0. The molecular formula is C16H39NO4Si2. The maximum atomic E-state index is 5.83. The zero-order valence-corrected chi connectivity index (χ0v) is 19.6. The molecule has 0 aromatic rings. The first-order chi connectivity index (χ1) is 10.9. The van der Waals surface area contributed by atoms with E-state index < -0.39 is 8.80 Å². The Morgan fingerprint density at radius 3 is 1.83 bits per heavy atom. The van der Waals surface area contributed by atoms with Gasteiger partial charge in [0, 0.05) is 45.2 Å². The van der Waals surface area contributed by atoms with E-state index in [1.54, 1.807) is 7.11 Å². The van der Waals surface area contributed by atoms with Crippen LogP contribution in [0.4, 0.5) is 0 Å². The molecule has 0 saturated carbocycles. The van der Waals surface area contributed by atoms with Crippen LogP contribution >= 0.6 is 0 Å². The van der Waals surface area contributed by atoms with Crippen LogP contribution in [0.2, 0.25) is 6.04 Å². The molecule has 0 aliphatic heterocycles. The van der Waals surface area contributed by atoms with Crippen molar-refractivity contribution in [3.05, 3.63) is 0 Å². The standard InChI is InChI=1S/C15H33NO3Si.CH6OSi/c1-7-17-20(18-8-2,19-9-3)12-10-11-16-15(6)13-14(4)5;1-2-3/h14H,7-13H2,1-6H3;1,3H3. The minimum Gasteiger partial charge on any atom is -0.431 e. The van der Waals surface area contributed by atoms with E-state index in [2.05, 4.69) is 30.2 Å². The van der Waals surface area contributed by atoms with Crippen LogP contribution < -0.4 is 0 Å². The molecule has 0 aromatic heterocycles. The fraction of sp³-hybridized carbons (Fsp3) is 0.938. The molecule has 0 aliphatic rings. The lowest BCUT2D eigenvalue weighted by Crippen LogP contribution is -2.46. The van der Waals surface area contributed by atoms with Crippen molar-refractivity contribution in [1.82, 2.24) is 0 Å². The molecule has 23 heavy (non-hydrogen) atoms. The smallest absolute Gasteiger partial charge is 0.431 e. The molecule has 0 N–H and O–H groups in total. The summed E-state index contributed by atoms with van der Waals surface area (Å²) in [4.78, 5) is 4.62. The quantitative estimate of drug-likeness (QED) is 0.303. The van der Waals surface area contributed by atoms with Crippen molar-refractivity contribution in [2.24, 2.45) is 10.9 Å². The summed E-state index contributed by atoms with van der Waals surface area (Å²) in [5.41, 5.74) is 1.23. The highest BCUT2D eigenvalue weighted by atomic mass is 28.4. The Morgan fingerprint density at radius 1 is 1.04 bits per heavy atom. The van der Waals surface area contributed by atoms with Crippen LogP contribution in [0.25, 0.3) is 0 Å². The van der Waals surface area contributed by atoms with Gasteiger partial charge in [0.15, 0.2) is 0 Å². The van der Waals surface area contributed by atoms with Crippen molar-refractivity contribution >= 4 is 25.0 Å². The molecule has 5 nitrogen and oxygen atoms in total. The first-order valence-corrected chi connectivity index (χ1v) is 11.5. The third kappa shape index (κ3) is 15.2. The van der Waals surface area contributed by atoms with Crippen molar-refractivity contribution in [1.29, 1.82) is 0 Å². The highest BCUT2D eigenvalue weighted by Crippen LogP contribution is 2.18. The number of nitrogens with zero attached hydrogens (tertiary/aromatic N) is 1. The third-order valence-corrected chi connectivity index (χ3v) is 5.97. The second kappa shape index (κ2) is 16.8. The van der Waals surface area contributed by atoms with Crippen LogP contribution in [-0.4, -0.2) is 58.5 Å². The van der Waals surface area contributed by atoms with Gasteiger partial charge in [-0.2, -0.15) is 0 Å². The number of hydrogen-bond donors (Lipinski definition) is 0. The van der Waals surface area contributed by atoms with Crippen molar-refractivity contribution < 1.29 is 17.7 Å². The van der Waals surface area contributed by atoms with E-state index in [1.807, 2.05) is 20.8 Å². The zero-order chi connectivity index (χ0) is 18.1. The molecule has 0 aromatic carbocycles. The van der Waals surface area contributed by atoms with Crippen LogP contribution in [0.1, 0.15) is 54.4 Å². The van der Waals surface area contributed by atoms with Gasteiger partial charge in [-0.15, -0.1) is 0 Å². The van der Waals surface area contributed by atoms with Gasteiger partial charge in [0.2, 0.25) is 0 Å². The average Bonchev–Trinajstić information content (AvgIpc) is 2.45. The fourth-order valence-corrected chi connectivity index (χ4v) is 4.82. The molecular weight excluding hydrogens is 326 g/mol. The second-order valence-electron chi connectivity index (χ2n) is 5.71. The number of aliphatic imine (C=N–C) groups is 1. The maximum Gasteiger partial charge on any atom is 0.500 e. The average molecular weight is 366 g/mol. The van der Waals surface area contributed by atoms with Gasteiger partial charge in [0.25, 0.3) is 0 Å². The van der Waals surface area contributed by atoms with Crippen LogP contribution in [-0.2, 0) is 17.7 Å². The topological polar surface area (TPSA) is 49.3 Å². The molecule has 0 heterocycles. The minimum atomic E-state index is -2.47. The van der Waals surface area contributed by atoms with E-state index in [-0.39, 0.29) is 0 Å². The molecule has 0 amide bonds. The lowest BCUT2D eigenvalue weighted by Gasteiger charge is -2.28. The van der Waals surface area contributed by atoms with Gasteiger partial charge in [0.1, 0.15) is 10.5 Å². The summed E-state index contributed by atoms with van der Waals surface area (Å²) in [6.07, 6.45) is 2.03. The van der Waals surface area contributed by atoms with Gasteiger partial charge in [-0.05, 0) is 46.5 Å². The lowest BCUT2D eigenvalue weighted by molar-refractivity contribution is 0.0710. The summed E-state index contributed by atoms with van der Waals surface area (Å²) < 4.78 is 21.9. The Bertz CT molecular complexity index is 272. The molecule has 7 heteroatoms. The second-order valence-corrected chi connectivity index (χ2v) is 9.26. The first kappa shape index (κ1) is 25.2. The predicted octanol–water partition coefficient (Wildman–Crippen LogP) is 2.85. The predicted molar refractivity (Wildman–Crippen MR) is 104 cm³/mol. The molecule has 0 rings (SSSR count). The molecule has 0 radical (unpaired) electrons. The minimum absolute atomic E-state index is 0.641. The van der Waals surface area contributed by atoms with E-state index in [9.17, 15) is 0 Å². The summed E-state index contributed by atoms with van der Waals surface area (Å²) in [6, 6.07) is 0.848. The van der Waals surface area contributed by atoms with Crippen LogP contribution in [0, 0.1) is 5.92 Å². The molecule has 0 saturated heterocycles. The van der Waals surface area contributed by atoms with Crippen molar-refractivity contribution in [3.8, 4) is 0 Å². The van der Waals surface area contributed by atoms with E-state index in [0.29, 0.717) is 25.7 Å². The molecule has 0 unspecified atom stereocenters. The van der Waals surface area contributed by atoms with Crippen molar-refractivity contribution in [2.75, 3.05) is 33.5 Å². The Hall–Kier alpha value is -0.0562. The number of hydrogen-bond acceptors (Lipinski definition) is 5. The van der Waals surface area contributed by atoms with Gasteiger partial charge < -0.3 is 17.7 Å². The molecule has 0 aliphatic carbocycles. The van der Waals surface area contributed by atoms with Gasteiger partial charge in [-0.3, -0.25) is 4.99 Å². The molecule has 0 fully saturated rings. The van der Waals surface area contributed by atoms with Gasteiger partial charge in [-0.1, -0.05) is 13.8 Å². The maximum absolute atomic E-state index is 5.83. The fourth-order valence-electron chi connectivity index (χ4n) is 2.22. The van der Waals surface area contributed by atoms with Gasteiger partial charge in [-0.25, -0.2) is 0 Å². The number of rotatable bonds is 12. The molecule has 0 bridgehead atoms.